The molecule has 2 N–H and O–H groups in total. The van der Waals surface area contributed by atoms with E-state index in [1.165, 1.54) is 0 Å². The minimum Gasteiger partial charge on any atom is -0.305 e. The Labute approximate surface area is 117 Å². The molecule has 0 radical (unpaired) electrons. The van der Waals surface area contributed by atoms with E-state index in [0.717, 1.165) is 36.3 Å². The average Bonchev–Trinajstić information content (AvgIpc) is 3.25. The van der Waals surface area contributed by atoms with Crippen molar-refractivity contribution >= 4 is 11.7 Å². The first kappa shape index (κ1) is 12.8. The first-order valence-electron chi connectivity index (χ1n) is 6.86. The summed E-state index contributed by atoms with van der Waals surface area (Å²) in [5.41, 5.74) is 2.45. The second-order valence-electron chi connectivity index (χ2n) is 5.09. The Morgan fingerprint density at radius 2 is 2.10 bits per heavy atom. The number of hydrogen-bond donors (Lipinski definition) is 2. The summed E-state index contributed by atoms with van der Waals surface area (Å²) in [6.07, 6.45) is 6.28. The highest BCUT2D eigenvalue weighted by atomic mass is 16.1. The van der Waals surface area contributed by atoms with Crippen LogP contribution < -0.4 is 5.32 Å². The minimum absolute atomic E-state index is 0.228. The van der Waals surface area contributed by atoms with Gasteiger partial charge in [-0.1, -0.05) is 6.92 Å². The number of carbonyl (C=O) groups excluding carboxylic acids is 1. The summed E-state index contributed by atoms with van der Waals surface area (Å²) < 4.78 is 0. The summed E-state index contributed by atoms with van der Waals surface area (Å²) in [7, 11) is 0. The van der Waals surface area contributed by atoms with Crippen molar-refractivity contribution in [2.24, 2.45) is 0 Å². The SMILES string of the molecule is CCc1c(NC(=O)c2cnc(C3CC3)nc2)n[nH]c1C. The lowest BCUT2D eigenvalue weighted by Gasteiger charge is -2.04. The Hall–Kier alpha value is -2.24. The molecule has 2 heterocycles. The van der Waals surface area contributed by atoms with Gasteiger partial charge in [0, 0.05) is 29.6 Å². The summed E-state index contributed by atoms with van der Waals surface area (Å²) in [6.45, 7) is 3.97. The molecule has 0 bridgehead atoms. The van der Waals surface area contributed by atoms with Crippen LogP contribution in [-0.2, 0) is 6.42 Å². The Kier molecular flexibility index (Phi) is 3.22. The van der Waals surface area contributed by atoms with Crippen molar-refractivity contribution in [3.8, 4) is 0 Å². The highest BCUT2D eigenvalue weighted by Crippen LogP contribution is 2.37. The Balaban J connectivity index is 1.74. The number of aryl methyl sites for hydroxylation is 1. The van der Waals surface area contributed by atoms with Gasteiger partial charge in [-0.3, -0.25) is 9.89 Å². The maximum atomic E-state index is 12.1. The van der Waals surface area contributed by atoms with Crippen molar-refractivity contribution in [1.82, 2.24) is 20.2 Å². The molecule has 6 nitrogen and oxygen atoms in total. The molecule has 0 spiro atoms. The third-order valence-electron chi connectivity index (χ3n) is 3.54. The Morgan fingerprint density at radius 1 is 1.40 bits per heavy atom. The van der Waals surface area contributed by atoms with Crippen LogP contribution in [0.25, 0.3) is 0 Å². The highest BCUT2D eigenvalue weighted by Gasteiger charge is 2.26. The van der Waals surface area contributed by atoms with Gasteiger partial charge in [0.2, 0.25) is 0 Å². The largest absolute Gasteiger partial charge is 0.305 e. The molecular weight excluding hydrogens is 254 g/mol. The number of aromatic amines is 1. The van der Waals surface area contributed by atoms with E-state index in [1.807, 2.05) is 13.8 Å². The fraction of sp³-hybridized carbons (Fsp3) is 0.429. The van der Waals surface area contributed by atoms with Gasteiger partial charge in [0.25, 0.3) is 5.91 Å². The van der Waals surface area contributed by atoms with Crippen LogP contribution in [0.1, 0.15) is 53.1 Å². The zero-order chi connectivity index (χ0) is 14.1. The minimum atomic E-state index is -0.228. The van der Waals surface area contributed by atoms with E-state index >= 15 is 0 Å². The van der Waals surface area contributed by atoms with Crippen LogP contribution in [0.4, 0.5) is 5.82 Å². The van der Waals surface area contributed by atoms with Gasteiger partial charge in [-0.2, -0.15) is 5.10 Å². The predicted octanol–water partition coefficient (Wildman–Crippen LogP) is 2.20. The van der Waals surface area contributed by atoms with Crippen molar-refractivity contribution in [2.75, 3.05) is 5.32 Å². The van der Waals surface area contributed by atoms with E-state index < -0.39 is 0 Å². The molecule has 0 unspecified atom stereocenters. The zero-order valence-electron chi connectivity index (χ0n) is 11.6. The van der Waals surface area contributed by atoms with E-state index in [2.05, 4.69) is 25.5 Å². The number of anilines is 1. The van der Waals surface area contributed by atoms with Gasteiger partial charge in [-0.25, -0.2) is 9.97 Å². The maximum Gasteiger partial charge on any atom is 0.260 e. The summed E-state index contributed by atoms with van der Waals surface area (Å²) in [4.78, 5) is 20.6. The number of amides is 1. The molecule has 0 saturated heterocycles. The first-order valence-corrected chi connectivity index (χ1v) is 6.86. The van der Waals surface area contributed by atoms with E-state index in [4.69, 9.17) is 0 Å². The lowest BCUT2D eigenvalue weighted by molar-refractivity contribution is 0.102. The molecule has 6 heteroatoms. The maximum absolute atomic E-state index is 12.1. The summed E-state index contributed by atoms with van der Waals surface area (Å²) in [6, 6.07) is 0. The quantitative estimate of drug-likeness (QED) is 0.893. The second-order valence-corrected chi connectivity index (χ2v) is 5.09. The smallest absolute Gasteiger partial charge is 0.260 e. The van der Waals surface area contributed by atoms with E-state index in [1.54, 1.807) is 12.4 Å². The van der Waals surface area contributed by atoms with Crippen LogP contribution in [0.3, 0.4) is 0 Å². The topological polar surface area (TPSA) is 83.6 Å². The summed E-state index contributed by atoms with van der Waals surface area (Å²) in [5, 5.41) is 9.79. The monoisotopic (exact) mass is 271 g/mol. The zero-order valence-corrected chi connectivity index (χ0v) is 11.6. The summed E-state index contributed by atoms with van der Waals surface area (Å²) >= 11 is 0. The average molecular weight is 271 g/mol. The number of H-pyrrole nitrogens is 1. The fourth-order valence-electron chi connectivity index (χ4n) is 2.18. The van der Waals surface area contributed by atoms with Gasteiger partial charge in [-0.15, -0.1) is 0 Å². The fourth-order valence-corrected chi connectivity index (χ4v) is 2.18. The Bertz CT molecular complexity index is 628. The van der Waals surface area contributed by atoms with Crippen LogP contribution in [0, 0.1) is 6.92 Å². The van der Waals surface area contributed by atoms with Gasteiger partial charge in [0.1, 0.15) is 5.82 Å². The third-order valence-corrected chi connectivity index (χ3v) is 3.54. The van der Waals surface area contributed by atoms with Crippen LogP contribution in [-0.4, -0.2) is 26.1 Å². The summed E-state index contributed by atoms with van der Waals surface area (Å²) in [5.74, 6) is 1.69. The van der Waals surface area contributed by atoms with E-state index in [-0.39, 0.29) is 5.91 Å². The molecule has 1 saturated carbocycles. The van der Waals surface area contributed by atoms with Gasteiger partial charge >= 0.3 is 0 Å². The molecule has 1 aliphatic rings. The van der Waals surface area contributed by atoms with Crippen LogP contribution in [0.2, 0.25) is 0 Å². The van der Waals surface area contributed by atoms with Crippen molar-refractivity contribution < 1.29 is 4.79 Å². The van der Waals surface area contributed by atoms with Crippen molar-refractivity contribution in [2.45, 2.75) is 39.0 Å². The molecule has 0 atom stereocenters. The van der Waals surface area contributed by atoms with Crippen molar-refractivity contribution in [1.29, 1.82) is 0 Å². The first-order chi connectivity index (χ1) is 9.69. The van der Waals surface area contributed by atoms with Crippen LogP contribution >= 0.6 is 0 Å². The Morgan fingerprint density at radius 3 is 2.70 bits per heavy atom. The molecule has 0 aliphatic heterocycles. The molecule has 2 aromatic rings. The molecular formula is C14H17N5O. The number of hydrogen-bond acceptors (Lipinski definition) is 4. The van der Waals surface area contributed by atoms with Crippen molar-refractivity contribution in [3.63, 3.8) is 0 Å². The van der Waals surface area contributed by atoms with Gasteiger partial charge in [0.15, 0.2) is 5.82 Å². The van der Waals surface area contributed by atoms with Crippen molar-refractivity contribution in [3.05, 3.63) is 35.0 Å². The molecule has 0 aromatic carbocycles. The second kappa shape index (κ2) is 5.03. The standard InChI is InChI=1S/C14H17N5O/c1-3-11-8(2)18-19-13(11)17-14(20)10-6-15-12(16-7-10)9-4-5-9/h6-7,9H,3-5H2,1-2H3,(H2,17,18,19,20). The van der Waals surface area contributed by atoms with E-state index in [9.17, 15) is 4.79 Å². The van der Waals surface area contributed by atoms with Gasteiger partial charge < -0.3 is 5.32 Å². The van der Waals surface area contributed by atoms with Crippen LogP contribution in [0.5, 0.6) is 0 Å². The number of carbonyl (C=O) groups is 1. The lowest BCUT2D eigenvalue weighted by Crippen LogP contribution is -2.14. The molecule has 2 aromatic heterocycles. The van der Waals surface area contributed by atoms with Crippen LogP contribution in [0.15, 0.2) is 12.4 Å². The van der Waals surface area contributed by atoms with Gasteiger partial charge in [-0.05, 0) is 26.2 Å². The molecule has 1 aliphatic carbocycles. The molecule has 3 rings (SSSR count). The number of aromatic nitrogens is 4. The molecule has 20 heavy (non-hydrogen) atoms. The molecule has 104 valence electrons. The molecule has 1 fully saturated rings. The normalized spacial score (nSPS) is 14.3. The highest BCUT2D eigenvalue weighted by molar-refractivity contribution is 6.03. The number of nitrogens with one attached hydrogen (secondary N) is 2. The lowest BCUT2D eigenvalue weighted by atomic mass is 10.2. The molecule has 1 amide bonds. The van der Waals surface area contributed by atoms with Gasteiger partial charge in [0.05, 0.1) is 5.56 Å². The number of rotatable bonds is 4. The number of nitrogens with zero attached hydrogens (tertiary/aromatic N) is 3. The van der Waals surface area contributed by atoms with E-state index in [0.29, 0.717) is 17.3 Å². The predicted molar refractivity (Wildman–Crippen MR) is 74.7 cm³/mol. The third kappa shape index (κ3) is 2.41.